The maximum atomic E-state index is 6.26. The molecule has 0 radical (unpaired) electrons. The quantitative estimate of drug-likeness (QED) is 0.355. The number of hydrogen-bond donors (Lipinski definition) is 0. The molecule has 0 bridgehead atoms. The van der Waals surface area contributed by atoms with Crippen molar-refractivity contribution in [1.82, 2.24) is 0 Å². The van der Waals surface area contributed by atoms with Crippen molar-refractivity contribution in [2.75, 3.05) is 0 Å². The molecule has 0 atom stereocenters. The molecule has 37 heavy (non-hydrogen) atoms. The predicted molar refractivity (Wildman–Crippen MR) is 152 cm³/mol. The number of halogens is 4. The van der Waals surface area contributed by atoms with E-state index in [1.54, 1.807) is 44.7 Å². The Morgan fingerprint density at radius 3 is 1.32 bits per heavy atom. The van der Waals surface area contributed by atoms with Gasteiger partial charge >= 0.3 is 155 Å². The SMILES string of the molecule is CC1=C(C)C(C)(C)[C]([Zr+2])=C1C.CC1=CCC(C2=C(C)C(C)=CC2)=C1C.[CH3][Zr]([CH3])([Cl])([Cl])[C]1=CC=CC1.[Cl-].[Cl-]. The Hall–Kier alpha value is 0.846. The maximum Gasteiger partial charge on any atom is -1.00 e. The van der Waals surface area contributed by atoms with Crippen LogP contribution < -0.4 is 24.8 Å². The summed E-state index contributed by atoms with van der Waals surface area (Å²) in [4.78, 5) is 0. The van der Waals surface area contributed by atoms with Crippen molar-refractivity contribution < 1.29 is 65.9 Å². The van der Waals surface area contributed by atoms with Gasteiger partial charge in [-0.25, -0.2) is 0 Å². The van der Waals surface area contributed by atoms with Crippen molar-refractivity contribution in [2.24, 2.45) is 5.41 Å². The molecule has 4 aliphatic carbocycles. The zero-order valence-electron chi connectivity index (χ0n) is 24.5. The van der Waals surface area contributed by atoms with Crippen LogP contribution in [0.3, 0.4) is 0 Å². The summed E-state index contributed by atoms with van der Waals surface area (Å²) in [5.41, 5.74) is 14.0. The van der Waals surface area contributed by atoms with E-state index in [0.717, 1.165) is 19.3 Å². The molecule has 0 amide bonds. The minimum atomic E-state index is -3.26. The van der Waals surface area contributed by atoms with Crippen molar-refractivity contribution in [3.63, 3.8) is 0 Å². The third-order valence-corrected chi connectivity index (χ3v) is 19.0. The topological polar surface area (TPSA) is 0 Å². The molecular formula is C31H44Cl4Zr2. The molecule has 0 saturated carbocycles. The molecular weight excluding hydrogens is 697 g/mol. The Balaban J connectivity index is 0.000000520. The third-order valence-electron chi connectivity index (χ3n) is 8.40. The second-order valence-electron chi connectivity index (χ2n) is 11.6. The molecule has 0 saturated heterocycles. The van der Waals surface area contributed by atoms with Gasteiger partial charge in [0, 0.05) is 0 Å². The van der Waals surface area contributed by atoms with E-state index in [1.165, 1.54) is 36.7 Å². The Kier molecular flexibility index (Phi) is 14.5. The first-order chi connectivity index (χ1) is 15.9. The normalized spacial score (nSPS) is 21.3. The van der Waals surface area contributed by atoms with Gasteiger partial charge < -0.3 is 24.8 Å². The van der Waals surface area contributed by atoms with Crippen LogP contribution in [0.1, 0.15) is 81.6 Å². The maximum absolute atomic E-state index is 6.26. The van der Waals surface area contributed by atoms with Crippen LogP contribution in [-0.2, 0) is 41.1 Å². The molecule has 0 fully saturated rings. The standard InChI is InChI=1S/C14H18.C10H15.C5H5.2CH3.4ClH.2Zr/c1-9-5-7-13(11(9)3)14-8-6-10(2)12(14)4;1-7-6-10(4,5)9(3)8(7)2;1-2-4-5-3-1;;;;;;;;/h5-6H,7-8H2,1-4H3;1-5H3;1-3H,4H2;2*1H3;4*1H;;/q;;;;;;;;;2*+2/p-4. The largest absolute Gasteiger partial charge is 1.00 e. The summed E-state index contributed by atoms with van der Waals surface area (Å²) >= 11 is -1.69. The van der Waals surface area contributed by atoms with Crippen molar-refractivity contribution in [2.45, 2.75) is 90.8 Å². The molecule has 4 aliphatic rings. The summed E-state index contributed by atoms with van der Waals surface area (Å²) in [6.45, 7) is 20.3. The van der Waals surface area contributed by atoms with E-state index in [1.807, 2.05) is 15.3 Å². The molecule has 0 spiro atoms. The van der Waals surface area contributed by atoms with E-state index in [9.17, 15) is 0 Å². The predicted octanol–water partition coefficient (Wildman–Crippen LogP) is 5.43. The van der Waals surface area contributed by atoms with Gasteiger partial charge in [-0.1, -0.05) is 23.3 Å². The van der Waals surface area contributed by atoms with Gasteiger partial charge in [-0.15, -0.1) is 0 Å². The monoisotopic (exact) mass is 736 g/mol. The average Bonchev–Trinajstić information content (AvgIpc) is 3.52. The van der Waals surface area contributed by atoms with Gasteiger partial charge in [-0.3, -0.25) is 0 Å². The molecule has 0 aromatic rings. The first-order valence-electron chi connectivity index (χ1n) is 12.7. The first kappa shape index (κ1) is 37.8. The van der Waals surface area contributed by atoms with Crippen LogP contribution in [0.4, 0.5) is 0 Å². The van der Waals surface area contributed by atoms with Crippen LogP contribution in [0.15, 0.2) is 87.1 Å². The molecule has 0 unspecified atom stereocenters. The Bertz CT molecular complexity index is 1080. The van der Waals surface area contributed by atoms with Crippen molar-refractivity contribution in [3.05, 3.63) is 87.1 Å². The van der Waals surface area contributed by atoms with E-state index in [4.69, 9.17) is 17.0 Å². The van der Waals surface area contributed by atoms with Crippen LogP contribution >= 0.6 is 17.0 Å². The fourth-order valence-corrected chi connectivity index (χ4v) is 10.5. The molecule has 0 aromatic carbocycles. The zero-order valence-corrected chi connectivity index (χ0v) is 32.5. The Morgan fingerprint density at radius 1 is 0.730 bits per heavy atom. The summed E-state index contributed by atoms with van der Waals surface area (Å²) in [6, 6.07) is 0. The summed E-state index contributed by atoms with van der Waals surface area (Å²) in [5.74, 6) is 0. The molecule has 0 heterocycles. The van der Waals surface area contributed by atoms with Crippen molar-refractivity contribution >= 4 is 17.0 Å². The van der Waals surface area contributed by atoms with Crippen LogP contribution in [0.2, 0.25) is 9.26 Å². The minimum Gasteiger partial charge on any atom is -1.00 e. The van der Waals surface area contributed by atoms with Gasteiger partial charge in [0.05, 0.1) is 0 Å². The van der Waals surface area contributed by atoms with Crippen molar-refractivity contribution in [1.29, 1.82) is 0 Å². The Morgan fingerprint density at radius 2 is 1.16 bits per heavy atom. The van der Waals surface area contributed by atoms with Crippen molar-refractivity contribution in [3.8, 4) is 0 Å². The van der Waals surface area contributed by atoms with E-state index in [-0.39, 0.29) is 24.8 Å². The Labute approximate surface area is 263 Å². The van der Waals surface area contributed by atoms with Crippen LogP contribution in [-0.4, -0.2) is 0 Å². The van der Waals surface area contributed by atoms with Gasteiger partial charge in [0.1, 0.15) is 0 Å². The van der Waals surface area contributed by atoms with Gasteiger partial charge in [0.25, 0.3) is 0 Å². The molecule has 6 heteroatoms. The van der Waals surface area contributed by atoms with E-state index in [2.05, 4.69) is 86.6 Å². The van der Waals surface area contributed by atoms with Crippen LogP contribution in [0, 0.1) is 5.41 Å². The average molecular weight is 741 g/mol. The van der Waals surface area contributed by atoms with E-state index in [0.29, 0.717) is 5.41 Å². The number of rotatable bonds is 2. The minimum absolute atomic E-state index is 0. The van der Waals surface area contributed by atoms with Crippen LogP contribution in [0.25, 0.3) is 0 Å². The number of allylic oxidation sites excluding steroid dienone is 16. The van der Waals surface area contributed by atoms with E-state index >= 15 is 0 Å². The second kappa shape index (κ2) is 14.1. The summed E-state index contributed by atoms with van der Waals surface area (Å²) in [6.07, 6.45) is 14.1. The summed E-state index contributed by atoms with van der Waals surface area (Å²) in [7, 11) is 12.5. The first-order valence-corrected chi connectivity index (χ1v) is 26.4. The second-order valence-corrected chi connectivity index (χ2v) is 38.9. The van der Waals surface area contributed by atoms with Gasteiger partial charge in [0.2, 0.25) is 0 Å². The number of hydrogen-bond acceptors (Lipinski definition) is 0. The molecule has 4 rings (SSSR count). The third kappa shape index (κ3) is 9.17. The van der Waals surface area contributed by atoms with Crippen LogP contribution in [0.5, 0.6) is 0 Å². The van der Waals surface area contributed by atoms with Gasteiger partial charge in [0.15, 0.2) is 0 Å². The molecule has 0 nitrogen and oxygen atoms in total. The molecule has 204 valence electrons. The smallest absolute Gasteiger partial charge is 1.00 e. The van der Waals surface area contributed by atoms with Gasteiger partial charge in [-0.2, -0.15) is 0 Å². The zero-order chi connectivity index (χ0) is 27.0. The molecule has 0 N–H and O–H groups in total. The van der Waals surface area contributed by atoms with E-state index < -0.39 is 16.4 Å². The molecule has 0 aliphatic heterocycles. The fourth-order valence-electron chi connectivity index (χ4n) is 4.85. The summed E-state index contributed by atoms with van der Waals surface area (Å²) in [5, 5.41) is 0. The fraction of sp³-hybridized carbons (Fsp3) is 0.484. The summed E-state index contributed by atoms with van der Waals surface area (Å²) < 4.78 is 6.93. The van der Waals surface area contributed by atoms with Gasteiger partial charge in [-0.05, 0) is 62.8 Å². The molecule has 0 aromatic heterocycles.